The number of rotatable bonds is 10. The van der Waals surface area contributed by atoms with E-state index in [0.29, 0.717) is 0 Å². The summed E-state index contributed by atoms with van der Waals surface area (Å²) < 4.78 is 33.7. The van der Waals surface area contributed by atoms with E-state index in [1.165, 1.54) is 31.3 Å². The van der Waals surface area contributed by atoms with Crippen LogP contribution in [0.25, 0.3) is 0 Å². The van der Waals surface area contributed by atoms with E-state index in [9.17, 15) is 13.6 Å². The molecule has 1 amide bonds. The Morgan fingerprint density at radius 3 is 2.65 bits per heavy atom. The second-order valence-corrected chi connectivity index (χ2v) is 5.62. The number of hydrogen-bond acceptors (Lipinski definition) is 4. The van der Waals surface area contributed by atoms with Gasteiger partial charge in [0, 0.05) is 30.8 Å². The van der Waals surface area contributed by atoms with Crippen LogP contribution in [0, 0.1) is 11.6 Å². The summed E-state index contributed by atoms with van der Waals surface area (Å²) in [4.78, 5) is 14.7. The summed E-state index contributed by atoms with van der Waals surface area (Å²) >= 11 is 0. The van der Waals surface area contributed by atoms with Crippen LogP contribution in [0.4, 0.5) is 8.78 Å². The number of hydrogen-bond donors (Lipinski definition) is 2. The molecule has 0 spiro atoms. The highest BCUT2D eigenvalue weighted by atomic mass is 19.2. The number of aliphatic imine (C=N–C) groups is 1. The molecule has 1 aromatic rings. The predicted octanol–water partition coefficient (Wildman–Crippen LogP) is 3.25. The predicted molar refractivity (Wildman–Crippen MR) is 99.1 cm³/mol. The summed E-state index contributed by atoms with van der Waals surface area (Å²) in [5.74, 6) is -3.08. The summed E-state index contributed by atoms with van der Waals surface area (Å²) in [5.41, 5.74) is 5.31. The van der Waals surface area contributed by atoms with Crippen LogP contribution in [-0.2, 0) is 11.3 Å². The van der Waals surface area contributed by atoms with Gasteiger partial charge in [0.1, 0.15) is 0 Å². The largest absolute Gasteiger partial charge is 0.436 e. The van der Waals surface area contributed by atoms with Gasteiger partial charge in [-0.3, -0.25) is 9.79 Å². The molecule has 0 aromatic heterocycles. The number of unbranched alkanes of at least 4 members (excludes halogenated alkanes) is 2. The maximum atomic E-state index is 14.2. The van der Waals surface area contributed by atoms with E-state index in [4.69, 9.17) is 10.5 Å². The highest BCUT2D eigenvalue weighted by Gasteiger charge is 2.15. The molecule has 0 saturated heterocycles. The maximum absolute atomic E-state index is 14.2. The lowest BCUT2D eigenvalue weighted by Crippen LogP contribution is -2.16. The molecule has 0 radical (unpaired) electrons. The number of halogens is 2. The number of nitrogens with two attached hydrogens (primary N) is 1. The smallest absolute Gasteiger partial charge is 0.248 e. The minimum Gasteiger partial charge on any atom is -0.436 e. The fraction of sp³-hybridized carbons (Fsp3) is 0.368. The lowest BCUT2D eigenvalue weighted by Gasteiger charge is -2.10. The van der Waals surface area contributed by atoms with Crippen LogP contribution < -0.4 is 15.8 Å². The maximum Gasteiger partial charge on any atom is 0.248 e. The molecule has 0 heterocycles. The van der Waals surface area contributed by atoms with Crippen molar-refractivity contribution in [1.29, 1.82) is 0 Å². The summed E-state index contributed by atoms with van der Waals surface area (Å²) in [7, 11) is 1.41. The first-order chi connectivity index (χ1) is 12.4. The lowest BCUT2D eigenvalue weighted by atomic mass is 10.2. The van der Waals surface area contributed by atoms with Crippen LogP contribution in [0.3, 0.4) is 0 Å². The second kappa shape index (κ2) is 11.1. The van der Waals surface area contributed by atoms with Gasteiger partial charge < -0.3 is 15.8 Å². The van der Waals surface area contributed by atoms with E-state index in [0.717, 1.165) is 25.8 Å². The molecule has 0 aliphatic rings. The number of nitrogens with one attached hydrogen (secondary N) is 1. The minimum atomic E-state index is -1.10. The van der Waals surface area contributed by atoms with Gasteiger partial charge in [-0.1, -0.05) is 32.4 Å². The summed E-state index contributed by atoms with van der Waals surface area (Å²) in [6.45, 7) is 6.52. The highest BCUT2D eigenvalue weighted by Crippen LogP contribution is 2.23. The van der Waals surface area contributed by atoms with Gasteiger partial charge in [-0.05, 0) is 25.1 Å². The van der Waals surface area contributed by atoms with Crippen molar-refractivity contribution in [3.05, 3.63) is 53.6 Å². The number of nitrogens with zero attached hydrogens (tertiary/aromatic N) is 1. The second-order valence-electron chi connectivity index (χ2n) is 5.62. The van der Waals surface area contributed by atoms with Crippen molar-refractivity contribution < 1.29 is 18.3 Å². The normalized spacial score (nSPS) is 11.8. The van der Waals surface area contributed by atoms with E-state index in [1.54, 1.807) is 0 Å². The third kappa shape index (κ3) is 6.76. The average molecular weight is 365 g/mol. The fourth-order valence-electron chi connectivity index (χ4n) is 2.03. The molecular formula is C19H25F2N3O2. The first kappa shape index (κ1) is 21.5. The molecular weight excluding hydrogens is 340 g/mol. The Hall–Kier alpha value is -2.54. The molecule has 0 atom stereocenters. The van der Waals surface area contributed by atoms with Gasteiger partial charge in [0.2, 0.25) is 17.6 Å². The van der Waals surface area contributed by atoms with Crippen LogP contribution in [0.15, 0.2) is 41.4 Å². The quantitative estimate of drug-likeness (QED) is 0.220. The third-order valence-corrected chi connectivity index (χ3v) is 3.58. The summed E-state index contributed by atoms with van der Waals surface area (Å²) in [6, 6.07) is 2.79. The molecule has 7 heteroatoms. The highest BCUT2D eigenvalue weighted by molar-refractivity contribution is 5.97. The Morgan fingerprint density at radius 1 is 1.31 bits per heavy atom. The number of amides is 1. The number of primary amides is 1. The van der Waals surface area contributed by atoms with Crippen molar-refractivity contribution in [3.8, 4) is 5.75 Å². The molecule has 0 bridgehead atoms. The topological polar surface area (TPSA) is 76.7 Å². The van der Waals surface area contributed by atoms with Crippen molar-refractivity contribution in [2.24, 2.45) is 10.7 Å². The number of ether oxygens (including phenoxy) is 1. The molecule has 142 valence electrons. The minimum absolute atomic E-state index is 0.0175. The number of carbonyl (C=O) groups is 1. The zero-order valence-electron chi connectivity index (χ0n) is 15.1. The molecule has 0 aliphatic heterocycles. The van der Waals surface area contributed by atoms with Crippen molar-refractivity contribution >= 4 is 11.8 Å². The standard InChI is InChI=1S/C19H25F2N3O2/c1-4-5-6-11-24-12-14-8-9-15(18(21)17(14)20)26-16(23-3)10-7-13(2)19(22)25/h7-10,24H,2,4-6,11-12H2,1,3H3,(H2,22,25)/b10-7-,23-16?. The van der Waals surface area contributed by atoms with E-state index in [1.807, 2.05) is 0 Å². The molecule has 5 nitrogen and oxygen atoms in total. The lowest BCUT2D eigenvalue weighted by molar-refractivity contribution is -0.114. The Labute approximate surface area is 152 Å². The molecule has 1 rings (SSSR count). The van der Waals surface area contributed by atoms with Crippen molar-refractivity contribution in [3.63, 3.8) is 0 Å². The summed E-state index contributed by atoms with van der Waals surface area (Å²) in [6.07, 6.45) is 5.76. The van der Waals surface area contributed by atoms with Crippen molar-refractivity contribution in [2.75, 3.05) is 13.6 Å². The third-order valence-electron chi connectivity index (χ3n) is 3.58. The molecule has 3 N–H and O–H groups in total. The van der Waals surface area contributed by atoms with Gasteiger partial charge in [0.25, 0.3) is 0 Å². The van der Waals surface area contributed by atoms with Gasteiger partial charge in [-0.25, -0.2) is 4.39 Å². The van der Waals surface area contributed by atoms with E-state index >= 15 is 0 Å². The molecule has 26 heavy (non-hydrogen) atoms. The first-order valence-electron chi connectivity index (χ1n) is 8.39. The zero-order valence-corrected chi connectivity index (χ0v) is 15.1. The Bertz CT molecular complexity index is 700. The molecule has 0 saturated carbocycles. The number of benzene rings is 1. The van der Waals surface area contributed by atoms with E-state index in [2.05, 4.69) is 23.8 Å². The SMILES string of the molecule is C=C(/C=C\C(=NC)Oc1ccc(CNCCCCC)c(F)c1F)C(N)=O. The number of carbonyl (C=O) groups excluding carboxylic acids is 1. The molecule has 1 aromatic carbocycles. The Kier molecular flexibility index (Phi) is 9.22. The van der Waals surface area contributed by atoms with Crippen LogP contribution in [0.2, 0.25) is 0 Å². The zero-order chi connectivity index (χ0) is 19.5. The van der Waals surface area contributed by atoms with Crippen LogP contribution in [-0.4, -0.2) is 25.4 Å². The summed E-state index contributed by atoms with van der Waals surface area (Å²) in [5, 5.41) is 3.08. The van der Waals surface area contributed by atoms with Crippen LogP contribution in [0.1, 0.15) is 31.7 Å². The average Bonchev–Trinajstić information content (AvgIpc) is 2.62. The Balaban J connectivity index is 2.77. The van der Waals surface area contributed by atoms with Crippen LogP contribution >= 0.6 is 0 Å². The van der Waals surface area contributed by atoms with Gasteiger partial charge in [0.15, 0.2) is 11.6 Å². The van der Waals surface area contributed by atoms with Gasteiger partial charge in [0.05, 0.1) is 0 Å². The molecule has 0 unspecified atom stereocenters. The van der Waals surface area contributed by atoms with Crippen molar-refractivity contribution in [2.45, 2.75) is 32.7 Å². The van der Waals surface area contributed by atoms with Crippen LogP contribution in [0.5, 0.6) is 5.75 Å². The van der Waals surface area contributed by atoms with Gasteiger partial charge in [-0.2, -0.15) is 4.39 Å². The first-order valence-corrected chi connectivity index (χ1v) is 8.39. The van der Waals surface area contributed by atoms with E-state index in [-0.39, 0.29) is 29.3 Å². The molecule has 0 aliphatic carbocycles. The molecule has 0 fully saturated rings. The monoisotopic (exact) mass is 365 g/mol. The van der Waals surface area contributed by atoms with Crippen molar-refractivity contribution in [1.82, 2.24) is 5.32 Å². The van der Waals surface area contributed by atoms with Gasteiger partial charge in [-0.15, -0.1) is 0 Å². The van der Waals surface area contributed by atoms with Gasteiger partial charge >= 0.3 is 0 Å². The van der Waals surface area contributed by atoms with E-state index < -0.39 is 17.5 Å². The fourth-order valence-corrected chi connectivity index (χ4v) is 2.03. The Morgan fingerprint density at radius 2 is 2.04 bits per heavy atom.